The highest BCUT2D eigenvalue weighted by Crippen LogP contribution is 2.32. The van der Waals surface area contributed by atoms with E-state index in [2.05, 4.69) is 45.3 Å². The van der Waals surface area contributed by atoms with Crippen LogP contribution >= 0.6 is 11.3 Å². The number of nitrogens with two attached hydrogens (primary N) is 1. The maximum absolute atomic E-state index is 5.82. The Morgan fingerprint density at radius 2 is 2.00 bits per heavy atom. The number of fused-ring (bicyclic) bond motifs is 1. The Kier molecular flexibility index (Phi) is 3.48. The fourth-order valence-corrected chi connectivity index (χ4v) is 3.40. The molecule has 102 valence electrons. The van der Waals surface area contributed by atoms with E-state index < -0.39 is 0 Å². The summed E-state index contributed by atoms with van der Waals surface area (Å²) >= 11 is 1.73. The van der Waals surface area contributed by atoms with Gasteiger partial charge in [-0.2, -0.15) is 10.2 Å². The average molecular weight is 284 g/mol. The minimum Gasteiger partial charge on any atom is -0.271 e. The van der Waals surface area contributed by atoms with Gasteiger partial charge in [0.1, 0.15) is 0 Å². The lowest BCUT2D eigenvalue weighted by Crippen LogP contribution is -2.29. The van der Waals surface area contributed by atoms with Crippen LogP contribution in [0.25, 0.3) is 10.1 Å². The van der Waals surface area contributed by atoms with Crippen molar-refractivity contribution < 1.29 is 0 Å². The van der Waals surface area contributed by atoms with Gasteiger partial charge in [0.25, 0.3) is 0 Å². The quantitative estimate of drug-likeness (QED) is 0.573. The van der Waals surface area contributed by atoms with Crippen molar-refractivity contribution in [2.24, 2.45) is 5.84 Å². The van der Waals surface area contributed by atoms with Crippen molar-refractivity contribution in [1.82, 2.24) is 15.6 Å². The van der Waals surface area contributed by atoms with Crippen LogP contribution in [0.15, 0.2) is 35.7 Å². The summed E-state index contributed by atoms with van der Waals surface area (Å²) in [5.74, 6) is 5.82. The van der Waals surface area contributed by atoms with E-state index in [1.54, 1.807) is 11.3 Å². The van der Waals surface area contributed by atoms with Crippen LogP contribution in [0.2, 0.25) is 0 Å². The van der Waals surface area contributed by atoms with Crippen molar-refractivity contribution in [3.8, 4) is 0 Å². The van der Waals surface area contributed by atoms with E-state index >= 15 is 0 Å². The minimum atomic E-state index is -0.0773. The summed E-state index contributed by atoms with van der Waals surface area (Å²) in [6, 6.07) is 10.4. The molecule has 0 saturated heterocycles. The van der Waals surface area contributed by atoms with E-state index in [1.165, 1.54) is 15.6 Å². The zero-order chi connectivity index (χ0) is 14.1. The number of hydrazine groups is 1. The van der Waals surface area contributed by atoms with E-state index in [4.69, 9.17) is 5.84 Å². The first-order valence-electron chi connectivity index (χ1n) is 6.44. The molecule has 1 aromatic carbocycles. The summed E-state index contributed by atoms with van der Waals surface area (Å²) in [7, 11) is 0. The Morgan fingerprint density at radius 1 is 1.15 bits per heavy atom. The molecular weight excluding hydrogens is 268 g/mol. The first-order valence-corrected chi connectivity index (χ1v) is 7.31. The standard InChI is InChI=1S/C15H16N4S/c1-9-8-13(10(2)19-18-9)14(17-16)12-5-3-4-11-6-7-20-15(11)12/h3-8,14,17H,16H2,1-2H3. The molecule has 3 aromatic rings. The lowest BCUT2D eigenvalue weighted by molar-refractivity contribution is 0.630. The van der Waals surface area contributed by atoms with Crippen LogP contribution in [0.1, 0.15) is 28.6 Å². The molecule has 1 atom stereocenters. The molecule has 0 spiro atoms. The number of thiophene rings is 1. The topological polar surface area (TPSA) is 63.8 Å². The summed E-state index contributed by atoms with van der Waals surface area (Å²) in [6.07, 6.45) is 0. The second-order valence-corrected chi connectivity index (χ2v) is 5.73. The third kappa shape index (κ3) is 2.20. The molecule has 4 nitrogen and oxygen atoms in total. The van der Waals surface area contributed by atoms with Gasteiger partial charge < -0.3 is 0 Å². The molecule has 1 unspecified atom stereocenters. The van der Waals surface area contributed by atoms with Crippen molar-refractivity contribution in [3.63, 3.8) is 0 Å². The second-order valence-electron chi connectivity index (χ2n) is 4.81. The molecular formula is C15H16N4S. The third-order valence-corrected chi connectivity index (χ3v) is 4.42. The number of benzene rings is 1. The maximum atomic E-state index is 5.82. The first-order chi connectivity index (χ1) is 9.70. The Balaban J connectivity index is 2.19. The molecule has 0 amide bonds. The molecule has 0 aliphatic rings. The first kappa shape index (κ1) is 13.2. The molecule has 0 aliphatic heterocycles. The minimum absolute atomic E-state index is 0.0773. The average Bonchev–Trinajstić information content (AvgIpc) is 2.92. The van der Waals surface area contributed by atoms with Crippen molar-refractivity contribution in [2.75, 3.05) is 0 Å². The van der Waals surface area contributed by atoms with Gasteiger partial charge in [0.05, 0.1) is 17.4 Å². The molecule has 3 rings (SSSR count). The molecule has 2 heterocycles. The second kappa shape index (κ2) is 5.28. The summed E-state index contributed by atoms with van der Waals surface area (Å²) in [6.45, 7) is 3.90. The van der Waals surface area contributed by atoms with Gasteiger partial charge in [0.15, 0.2) is 0 Å². The summed E-state index contributed by atoms with van der Waals surface area (Å²) in [5, 5.41) is 11.6. The highest BCUT2D eigenvalue weighted by atomic mass is 32.1. The number of rotatable bonds is 3. The van der Waals surface area contributed by atoms with Gasteiger partial charge in [-0.15, -0.1) is 11.3 Å². The van der Waals surface area contributed by atoms with Crippen molar-refractivity contribution in [1.29, 1.82) is 0 Å². The lowest BCUT2D eigenvalue weighted by atomic mass is 9.97. The molecule has 0 fully saturated rings. The Hall–Kier alpha value is -1.82. The Bertz CT molecular complexity index is 750. The van der Waals surface area contributed by atoms with E-state index in [1.807, 2.05) is 19.9 Å². The molecule has 0 radical (unpaired) electrons. The normalized spacial score (nSPS) is 12.8. The number of aryl methyl sites for hydroxylation is 2. The largest absolute Gasteiger partial charge is 0.271 e. The van der Waals surface area contributed by atoms with Crippen LogP contribution in [-0.4, -0.2) is 10.2 Å². The molecule has 0 bridgehead atoms. The smallest absolute Gasteiger partial charge is 0.0742 e. The van der Waals surface area contributed by atoms with Crippen LogP contribution < -0.4 is 11.3 Å². The van der Waals surface area contributed by atoms with Crippen molar-refractivity contribution in [2.45, 2.75) is 19.9 Å². The van der Waals surface area contributed by atoms with E-state index in [-0.39, 0.29) is 6.04 Å². The predicted molar refractivity (Wildman–Crippen MR) is 82.5 cm³/mol. The van der Waals surface area contributed by atoms with Crippen molar-refractivity contribution >= 4 is 21.4 Å². The van der Waals surface area contributed by atoms with Crippen LogP contribution in [-0.2, 0) is 0 Å². The number of nitrogens with zero attached hydrogens (tertiary/aromatic N) is 2. The molecule has 3 N–H and O–H groups in total. The van der Waals surface area contributed by atoms with Crippen LogP contribution in [0.3, 0.4) is 0 Å². The highest BCUT2D eigenvalue weighted by molar-refractivity contribution is 7.17. The van der Waals surface area contributed by atoms with Crippen LogP contribution in [0, 0.1) is 13.8 Å². The zero-order valence-electron chi connectivity index (χ0n) is 11.4. The predicted octanol–water partition coefficient (Wildman–Crippen LogP) is 2.86. The SMILES string of the molecule is Cc1cc(C(NN)c2cccc3ccsc23)c(C)nn1. The van der Waals surface area contributed by atoms with Gasteiger partial charge in [-0.1, -0.05) is 18.2 Å². The van der Waals surface area contributed by atoms with Gasteiger partial charge in [-0.05, 0) is 47.9 Å². The fourth-order valence-electron chi connectivity index (χ4n) is 2.45. The van der Waals surface area contributed by atoms with E-state index in [0.717, 1.165) is 17.0 Å². The number of nitrogens with one attached hydrogen (secondary N) is 1. The van der Waals surface area contributed by atoms with E-state index in [0.29, 0.717) is 0 Å². The van der Waals surface area contributed by atoms with Gasteiger partial charge in [0, 0.05) is 4.70 Å². The van der Waals surface area contributed by atoms with Crippen LogP contribution in [0.5, 0.6) is 0 Å². The molecule has 20 heavy (non-hydrogen) atoms. The number of hydrogen-bond acceptors (Lipinski definition) is 5. The number of hydrogen-bond donors (Lipinski definition) is 2. The molecule has 0 saturated carbocycles. The van der Waals surface area contributed by atoms with Crippen molar-refractivity contribution in [3.05, 3.63) is 58.2 Å². The summed E-state index contributed by atoms with van der Waals surface area (Å²) < 4.78 is 1.25. The monoisotopic (exact) mass is 284 g/mol. The Labute approximate surface area is 121 Å². The summed E-state index contributed by atoms with van der Waals surface area (Å²) in [4.78, 5) is 0. The molecule has 5 heteroatoms. The van der Waals surface area contributed by atoms with Gasteiger partial charge >= 0.3 is 0 Å². The molecule has 2 aromatic heterocycles. The lowest BCUT2D eigenvalue weighted by Gasteiger charge is -2.19. The van der Waals surface area contributed by atoms with Gasteiger partial charge in [-0.3, -0.25) is 5.84 Å². The maximum Gasteiger partial charge on any atom is 0.0742 e. The third-order valence-electron chi connectivity index (χ3n) is 3.44. The number of aromatic nitrogens is 2. The Morgan fingerprint density at radius 3 is 2.80 bits per heavy atom. The zero-order valence-corrected chi connectivity index (χ0v) is 12.2. The van der Waals surface area contributed by atoms with Gasteiger partial charge in [-0.25, -0.2) is 5.43 Å². The van der Waals surface area contributed by atoms with Crippen LogP contribution in [0.4, 0.5) is 0 Å². The summed E-state index contributed by atoms with van der Waals surface area (Å²) in [5.41, 5.74) is 6.96. The fraction of sp³-hybridized carbons (Fsp3) is 0.200. The molecule has 0 aliphatic carbocycles. The van der Waals surface area contributed by atoms with Gasteiger partial charge in [0.2, 0.25) is 0 Å². The van der Waals surface area contributed by atoms with E-state index in [9.17, 15) is 0 Å². The highest BCUT2D eigenvalue weighted by Gasteiger charge is 2.18.